The number of nitriles is 1. The molecule has 4 heteroatoms. The van der Waals surface area contributed by atoms with Crippen LogP contribution >= 0.6 is 0 Å². The van der Waals surface area contributed by atoms with Crippen molar-refractivity contribution in [2.45, 2.75) is 45.4 Å². The number of amides is 1. The Kier molecular flexibility index (Phi) is 4.82. The quantitative estimate of drug-likeness (QED) is 0.719. The number of carbonyl (C=O) groups is 1. The van der Waals surface area contributed by atoms with Crippen molar-refractivity contribution in [1.82, 2.24) is 5.43 Å². The summed E-state index contributed by atoms with van der Waals surface area (Å²) in [6, 6.07) is 2.16. The number of rotatable bonds is 3. The summed E-state index contributed by atoms with van der Waals surface area (Å²) in [6.45, 7) is 1.46. The van der Waals surface area contributed by atoms with Crippen LogP contribution in [0.25, 0.3) is 0 Å². The molecule has 1 N–H and O–H groups in total. The summed E-state index contributed by atoms with van der Waals surface area (Å²) in [5.41, 5.74) is 3.55. The first kappa shape index (κ1) is 11.7. The molecule has 1 saturated carbocycles. The van der Waals surface area contributed by atoms with E-state index in [1.165, 1.54) is 13.3 Å². The van der Waals surface area contributed by atoms with Crippen molar-refractivity contribution in [2.75, 3.05) is 0 Å². The zero-order valence-corrected chi connectivity index (χ0v) is 9.12. The maximum Gasteiger partial charge on any atom is 0.236 e. The van der Waals surface area contributed by atoms with Gasteiger partial charge in [-0.05, 0) is 25.7 Å². The highest BCUT2D eigenvalue weighted by Crippen LogP contribution is 2.25. The van der Waals surface area contributed by atoms with Gasteiger partial charge in [-0.15, -0.1) is 0 Å². The zero-order chi connectivity index (χ0) is 11.1. The molecule has 0 heterocycles. The van der Waals surface area contributed by atoms with E-state index in [1.54, 1.807) is 0 Å². The Labute approximate surface area is 90.4 Å². The molecule has 0 spiro atoms. The zero-order valence-electron chi connectivity index (χ0n) is 9.12. The summed E-state index contributed by atoms with van der Waals surface area (Å²) < 4.78 is 0. The fourth-order valence-electron chi connectivity index (χ4n) is 1.92. The number of carbonyl (C=O) groups excluding carboxylic acids is 1. The number of hydrogen-bond donors (Lipinski definition) is 1. The fraction of sp³-hybridized carbons (Fsp3) is 0.727. The number of nitrogens with one attached hydrogen (secondary N) is 1. The number of hydrogen-bond acceptors (Lipinski definition) is 3. The summed E-state index contributed by atoms with van der Waals surface area (Å²) in [5.74, 6) is 0.261. The second kappa shape index (κ2) is 6.18. The molecule has 1 amide bonds. The van der Waals surface area contributed by atoms with Gasteiger partial charge in [0, 0.05) is 25.0 Å². The first-order valence-electron chi connectivity index (χ1n) is 5.44. The maximum absolute atomic E-state index is 10.7. The van der Waals surface area contributed by atoms with Crippen molar-refractivity contribution in [3.05, 3.63) is 0 Å². The standard InChI is InChI=1S/C11H17N3O/c1-9(15)13-14-11-7-3-2-5-10(11)6-4-8-12/h10H,2-7H2,1H3,(H,13,15)/b14-11-/t10-/m0/s1. The molecule has 0 bridgehead atoms. The molecular weight excluding hydrogens is 190 g/mol. The van der Waals surface area contributed by atoms with Crippen LogP contribution in [0.4, 0.5) is 0 Å². The van der Waals surface area contributed by atoms with E-state index >= 15 is 0 Å². The average Bonchev–Trinajstić information content (AvgIpc) is 2.24. The van der Waals surface area contributed by atoms with E-state index < -0.39 is 0 Å². The van der Waals surface area contributed by atoms with E-state index in [9.17, 15) is 4.79 Å². The lowest BCUT2D eigenvalue weighted by atomic mass is 9.84. The molecule has 82 valence electrons. The highest BCUT2D eigenvalue weighted by atomic mass is 16.2. The second-order valence-electron chi connectivity index (χ2n) is 3.91. The van der Waals surface area contributed by atoms with Gasteiger partial charge in [0.05, 0.1) is 6.07 Å². The van der Waals surface area contributed by atoms with E-state index in [1.807, 2.05) is 0 Å². The van der Waals surface area contributed by atoms with E-state index in [0.29, 0.717) is 12.3 Å². The molecule has 0 saturated heterocycles. The summed E-state index contributed by atoms with van der Waals surface area (Å²) in [6.07, 6.45) is 5.84. The monoisotopic (exact) mass is 207 g/mol. The van der Waals surface area contributed by atoms with Gasteiger partial charge >= 0.3 is 0 Å². The van der Waals surface area contributed by atoms with Crippen molar-refractivity contribution in [2.24, 2.45) is 11.0 Å². The van der Waals surface area contributed by atoms with E-state index in [4.69, 9.17) is 5.26 Å². The molecule has 15 heavy (non-hydrogen) atoms. The third kappa shape index (κ3) is 4.11. The summed E-state index contributed by atoms with van der Waals surface area (Å²) >= 11 is 0. The molecule has 1 aliphatic carbocycles. The van der Waals surface area contributed by atoms with Crippen molar-refractivity contribution in [1.29, 1.82) is 5.26 Å². The van der Waals surface area contributed by atoms with Crippen molar-refractivity contribution < 1.29 is 4.79 Å². The highest BCUT2D eigenvalue weighted by Gasteiger charge is 2.20. The van der Waals surface area contributed by atoms with Crippen LogP contribution in [0.15, 0.2) is 5.10 Å². The molecule has 0 aromatic rings. The molecule has 1 aliphatic rings. The smallest absolute Gasteiger partial charge is 0.236 e. The van der Waals surface area contributed by atoms with E-state index in [0.717, 1.165) is 31.4 Å². The van der Waals surface area contributed by atoms with Crippen LogP contribution in [-0.2, 0) is 4.79 Å². The van der Waals surface area contributed by atoms with Crippen LogP contribution in [0.1, 0.15) is 45.4 Å². The summed E-state index contributed by atoms with van der Waals surface area (Å²) in [7, 11) is 0. The van der Waals surface area contributed by atoms with Crippen LogP contribution in [0.2, 0.25) is 0 Å². The van der Waals surface area contributed by atoms with Crippen molar-refractivity contribution >= 4 is 11.6 Å². The third-order valence-electron chi connectivity index (χ3n) is 2.67. The Balaban J connectivity index is 2.53. The van der Waals surface area contributed by atoms with E-state index in [2.05, 4.69) is 16.6 Å². The molecule has 0 unspecified atom stereocenters. The van der Waals surface area contributed by atoms with Crippen LogP contribution in [-0.4, -0.2) is 11.6 Å². The number of hydrazone groups is 1. The fourth-order valence-corrected chi connectivity index (χ4v) is 1.92. The van der Waals surface area contributed by atoms with Gasteiger partial charge in [-0.2, -0.15) is 10.4 Å². The number of nitrogens with zero attached hydrogens (tertiary/aromatic N) is 2. The van der Waals surface area contributed by atoms with Gasteiger partial charge in [-0.3, -0.25) is 4.79 Å². The topological polar surface area (TPSA) is 65.2 Å². The minimum absolute atomic E-state index is 0.132. The summed E-state index contributed by atoms with van der Waals surface area (Å²) in [4.78, 5) is 10.7. The van der Waals surface area contributed by atoms with Crippen molar-refractivity contribution in [3.8, 4) is 6.07 Å². The molecule has 0 radical (unpaired) electrons. The van der Waals surface area contributed by atoms with Gasteiger partial charge in [-0.1, -0.05) is 6.42 Å². The maximum atomic E-state index is 10.7. The Morgan fingerprint density at radius 2 is 2.47 bits per heavy atom. The largest absolute Gasteiger partial charge is 0.274 e. The second-order valence-corrected chi connectivity index (χ2v) is 3.91. The molecule has 1 fully saturated rings. The molecule has 0 aliphatic heterocycles. The van der Waals surface area contributed by atoms with Gasteiger partial charge < -0.3 is 0 Å². The minimum atomic E-state index is -0.132. The lowest BCUT2D eigenvalue weighted by Crippen LogP contribution is -2.24. The lowest BCUT2D eigenvalue weighted by molar-refractivity contribution is -0.118. The first-order valence-corrected chi connectivity index (χ1v) is 5.44. The Hall–Kier alpha value is -1.37. The normalized spacial score (nSPS) is 23.5. The average molecular weight is 207 g/mol. The minimum Gasteiger partial charge on any atom is -0.274 e. The third-order valence-corrected chi connectivity index (χ3v) is 2.67. The van der Waals surface area contributed by atoms with Gasteiger partial charge in [-0.25, -0.2) is 5.43 Å². The first-order chi connectivity index (χ1) is 7.24. The van der Waals surface area contributed by atoms with Crippen molar-refractivity contribution in [3.63, 3.8) is 0 Å². The molecule has 0 aromatic heterocycles. The molecule has 1 atom stereocenters. The van der Waals surface area contributed by atoms with Gasteiger partial charge in [0.2, 0.25) is 5.91 Å². The lowest BCUT2D eigenvalue weighted by Gasteiger charge is -2.22. The van der Waals surface area contributed by atoms with Crippen LogP contribution in [0.5, 0.6) is 0 Å². The predicted molar refractivity (Wildman–Crippen MR) is 58.1 cm³/mol. The molecule has 0 aromatic carbocycles. The molecular formula is C11H17N3O. The van der Waals surface area contributed by atoms with E-state index in [-0.39, 0.29) is 5.91 Å². The van der Waals surface area contributed by atoms with Gasteiger partial charge in [0.15, 0.2) is 0 Å². The SMILES string of the molecule is CC(=O)N/N=C1/CCCC[C@H]1CCC#N. The van der Waals surface area contributed by atoms with Gasteiger partial charge in [0.25, 0.3) is 0 Å². The Morgan fingerprint density at radius 3 is 3.13 bits per heavy atom. The molecule has 4 nitrogen and oxygen atoms in total. The predicted octanol–water partition coefficient (Wildman–Crippen LogP) is 1.97. The van der Waals surface area contributed by atoms with Crippen LogP contribution in [0, 0.1) is 17.2 Å². The van der Waals surface area contributed by atoms with Crippen LogP contribution in [0.3, 0.4) is 0 Å². The summed E-state index contributed by atoms with van der Waals surface area (Å²) in [5, 5.41) is 12.7. The Morgan fingerprint density at radius 1 is 1.67 bits per heavy atom. The Bertz CT molecular complexity index is 291. The van der Waals surface area contributed by atoms with Gasteiger partial charge in [0.1, 0.15) is 0 Å². The van der Waals surface area contributed by atoms with Crippen LogP contribution < -0.4 is 5.43 Å². The highest BCUT2D eigenvalue weighted by molar-refractivity contribution is 5.88. The molecule has 1 rings (SSSR count).